The van der Waals surface area contributed by atoms with Crippen LogP contribution < -0.4 is 0 Å². The molecular weight excluding hydrogens is 356 g/mol. The molecule has 0 spiro atoms. The van der Waals surface area contributed by atoms with Crippen LogP contribution in [0.2, 0.25) is 39.3 Å². The highest BCUT2D eigenvalue weighted by Gasteiger charge is 2.53. The van der Waals surface area contributed by atoms with Crippen LogP contribution in [-0.2, 0) is 13.6 Å². The van der Waals surface area contributed by atoms with E-state index < -0.39 is 16.6 Å². The lowest BCUT2D eigenvalue weighted by molar-refractivity contribution is -0.133. The molecule has 0 bridgehead atoms. The summed E-state index contributed by atoms with van der Waals surface area (Å²) < 4.78 is 12.9. The topological polar surface area (TPSA) is 35.5 Å². The van der Waals surface area contributed by atoms with E-state index in [4.69, 9.17) is 8.85 Å². The van der Waals surface area contributed by atoms with Crippen molar-refractivity contribution >= 4 is 22.4 Å². The highest BCUT2D eigenvalue weighted by Crippen LogP contribution is 2.50. The molecule has 2 aliphatic rings. The number of rotatable bonds is 10. The molecule has 0 aromatic rings. The number of carbonyl (C=O) groups is 1. The number of Topliss-reactive ketones (excluding diaryl/α,β-unsaturated/α-hetero) is 1. The standard InChI is InChI=1S/C21H40O3Si2/c1-8-9-10-11-16(23-25(2,3)4)12-13-17-18-14-20(22)19(18)15-21(17)24-26(5,6)7/h12-13,16-19,21H,8-11,14-15H2,1-7H3/b13-12+/t16?,17-,18+,19-,21?/m1/s1. The predicted octanol–water partition coefficient (Wildman–Crippen LogP) is 5.79. The van der Waals surface area contributed by atoms with Gasteiger partial charge in [-0.15, -0.1) is 0 Å². The molecule has 150 valence electrons. The van der Waals surface area contributed by atoms with Crippen LogP contribution in [0.15, 0.2) is 12.2 Å². The van der Waals surface area contributed by atoms with E-state index in [0.717, 1.165) is 19.3 Å². The molecule has 3 nitrogen and oxygen atoms in total. The second-order valence-electron chi connectivity index (χ2n) is 10.2. The minimum absolute atomic E-state index is 0.218. The molecule has 5 atom stereocenters. The van der Waals surface area contributed by atoms with Crippen LogP contribution in [0.5, 0.6) is 0 Å². The van der Waals surface area contributed by atoms with E-state index in [0.29, 0.717) is 17.6 Å². The van der Waals surface area contributed by atoms with Crippen LogP contribution in [0.1, 0.15) is 45.4 Å². The number of fused-ring (bicyclic) bond motifs is 1. The highest BCUT2D eigenvalue weighted by atomic mass is 28.4. The number of unbranched alkanes of at least 4 members (excludes halogenated alkanes) is 2. The summed E-state index contributed by atoms with van der Waals surface area (Å²) in [6, 6.07) is 0. The van der Waals surface area contributed by atoms with Crippen LogP contribution in [0.4, 0.5) is 0 Å². The summed E-state index contributed by atoms with van der Waals surface area (Å²) in [5, 5.41) is 0. The minimum atomic E-state index is -1.61. The summed E-state index contributed by atoms with van der Waals surface area (Å²) in [5.41, 5.74) is 0. The predicted molar refractivity (Wildman–Crippen MR) is 114 cm³/mol. The van der Waals surface area contributed by atoms with E-state index in [-0.39, 0.29) is 18.1 Å². The van der Waals surface area contributed by atoms with E-state index in [1.165, 1.54) is 19.3 Å². The van der Waals surface area contributed by atoms with Gasteiger partial charge in [0.1, 0.15) is 5.78 Å². The molecule has 0 amide bonds. The van der Waals surface area contributed by atoms with E-state index in [2.05, 4.69) is 58.4 Å². The van der Waals surface area contributed by atoms with Crippen molar-refractivity contribution in [2.45, 2.75) is 96.9 Å². The normalized spacial score (nSPS) is 30.5. The lowest BCUT2D eigenvalue weighted by Gasteiger charge is -2.33. The van der Waals surface area contributed by atoms with Gasteiger partial charge in [0.05, 0.1) is 12.2 Å². The van der Waals surface area contributed by atoms with Gasteiger partial charge in [0.15, 0.2) is 16.6 Å². The SMILES string of the molecule is CCCCCC(/C=C/[C@H]1C(O[Si](C)(C)C)C[C@H]2C(=O)C[C@H]21)O[Si](C)(C)C. The summed E-state index contributed by atoms with van der Waals surface area (Å²) in [6.07, 6.45) is 11.6. The van der Waals surface area contributed by atoms with Crippen LogP contribution in [-0.4, -0.2) is 34.6 Å². The summed E-state index contributed by atoms with van der Waals surface area (Å²) in [5.74, 6) is 1.60. The van der Waals surface area contributed by atoms with Crippen molar-refractivity contribution in [3.63, 3.8) is 0 Å². The fourth-order valence-corrected chi connectivity index (χ4v) is 6.61. The molecule has 0 aromatic heterocycles. The van der Waals surface area contributed by atoms with Crippen molar-refractivity contribution in [1.29, 1.82) is 0 Å². The van der Waals surface area contributed by atoms with Crippen LogP contribution >= 0.6 is 0 Å². The molecule has 2 rings (SSSR count). The monoisotopic (exact) mass is 396 g/mol. The van der Waals surface area contributed by atoms with Crippen molar-refractivity contribution in [3.8, 4) is 0 Å². The Kier molecular flexibility index (Phi) is 7.50. The van der Waals surface area contributed by atoms with Gasteiger partial charge >= 0.3 is 0 Å². The third-order valence-corrected chi connectivity index (χ3v) is 7.45. The largest absolute Gasteiger partial charge is 0.414 e. The quantitative estimate of drug-likeness (QED) is 0.266. The first-order chi connectivity index (χ1) is 12.0. The fourth-order valence-electron chi connectivity index (χ4n) is 4.34. The van der Waals surface area contributed by atoms with Crippen molar-refractivity contribution in [2.75, 3.05) is 0 Å². The Labute approximate surface area is 163 Å². The highest BCUT2D eigenvalue weighted by molar-refractivity contribution is 6.70. The molecule has 0 aromatic carbocycles. The maximum atomic E-state index is 12.0. The van der Waals surface area contributed by atoms with Gasteiger partial charge in [-0.25, -0.2) is 0 Å². The van der Waals surface area contributed by atoms with Gasteiger partial charge in [-0.3, -0.25) is 4.79 Å². The molecule has 2 unspecified atom stereocenters. The summed E-state index contributed by atoms with van der Waals surface area (Å²) in [7, 11) is -3.18. The second-order valence-corrected chi connectivity index (χ2v) is 19.1. The Balaban J connectivity index is 2.07. The van der Waals surface area contributed by atoms with Gasteiger partial charge in [0, 0.05) is 18.3 Å². The Morgan fingerprint density at radius 1 is 1.12 bits per heavy atom. The lowest BCUT2D eigenvalue weighted by Crippen LogP contribution is -2.37. The smallest absolute Gasteiger partial charge is 0.184 e. The number of hydrogen-bond acceptors (Lipinski definition) is 3. The molecule has 0 heterocycles. The van der Waals surface area contributed by atoms with E-state index in [1.54, 1.807) is 0 Å². The van der Waals surface area contributed by atoms with Gasteiger partial charge in [-0.1, -0.05) is 38.3 Å². The van der Waals surface area contributed by atoms with Crippen LogP contribution in [0, 0.1) is 17.8 Å². The molecular formula is C21H40O3Si2. The van der Waals surface area contributed by atoms with Crippen molar-refractivity contribution in [1.82, 2.24) is 0 Å². The average Bonchev–Trinajstić information content (AvgIpc) is 2.74. The van der Waals surface area contributed by atoms with Gasteiger partial charge in [0.2, 0.25) is 0 Å². The molecule has 0 radical (unpaired) electrons. The zero-order valence-electron chi connectivity index (χ0n) is 18.0. The summed E-state index contributed by atoms with van der Waals surface area (Å²) in [4.78, 5) is 12.0. The molecule has 0 saturated heterocycles. The van der Waals surface area contributed by atoms with Gasteiger partial charge in [0.25, 0.3) is 0 Å². The zero-order chi connectivity index (χ0) is 19.5. The van der Waals surface area contributed by atoms with E-state index in [9.17, 15) is 4.79 Å². The van der Waals surface area contributed by atoms with Crippen molar-refractivity contribution in [3.05, 3.63) is 12.2 Å². The molecule has 2 fully saturated rings. The van der Waals surface area contributed by atoms with Gasteiger partial charge in [-0.2, -0.15) is 0 Å². The third kappa shape index (κ3) is 6.43. The third-order valence-electron chi connectivity index (χ3n) is 5.43. The summed E-state index contributed by atoms with van der Waals surface area (Å²) >= 11 is 0. The summed E-state index contributed by atoms with van der Waals surface area (Å²) in [6.45, 7) is 15.8. The number of carbonyl (C=O) groups excluding carboxylic acids is 1. The van der Waals surface area contributed by atoms with Crippen molar-refractivity contribution in [2.24, 2.45) is 17.8 Å². The van der Waals surface area contributed by atoms with Gasteiger partial charge < -0.3 is 8.85 Å². The first-order valence-electron chi connectivity index (χ1n) is 10.6. The van der Waals surface area contributed by atoms with Crippen molar-refractivity contribution < 1.29 is 13.6 Å². The first kappa shape index (κ1) is 22.1. The maximum absolute atomic E-state index is 12.0. The Bertz CT molecular complexity index is 504. The van der Waals surface area contributed by atoms with E-state index >= 15 is 0 Å². The first-order valence-corrected chi connectivity index (χ1v) is 17.4. The molecule has 0 aliphatic heterocycles. The second kappa shape index (κ2) is 8.84. The van der Waals surface area contributed by atoms with Crippen LogP contribution in [0.25, 0.3) is 0 Å². The molecule has 26 heavy (non-hydrogen) atoms. The van der Waals surface area contributed by atoms with Gasteiger partial charge in [-0.05, 0) is 58.0 Å². The Morgan fingerprint density at radius 2 is 1.81 bits per heavy atom. The lowest BCUT2D eigenvalue weighted by atomic mass is 9.71. The molecule has 5 heteroatoms. The molecule has 2 aliphatic carbocycles. The Hall–Kier alpha value is -0.236. The Morgan fingerprint density at radius 3 is 2.35 bits per heavy atom. The zero-order valence-corrected chi connectivity index (χ0v) is 20.0. The fraction of sp³-hybridized carbons (Fsp3) is 0.857. The number of hydrogen-bond donors (Lipinski definition) is 0. The maximum Gasteiger partial charge on any atom is 0.184 e. The van der Waals surface area contributed by atoms with Crippen LogP contribution in [0.3, 0.4) is 0 Å². The molecule has 2 saturated carbocycles. The van der Waals surface area contributed by atoms with E-state index in [1.807, 2.05) is 0 Å². The average molecular weight is 397 g/mol. The minimum Gasteiger partial charge on any atom is -0.414 e. The molecule has 0 N–H and O–H groups in total. The number of ketones is 1.